The first-order valence-electron chi connectivity index (χ1n) is 5.31. The van der Waals surface area contributed by atoms with Crippen LogP contribution in [-0.2, 0) is 16.6 Å². The first-order valence-corrected chi connectivity index (χ1v) is 6.63. The van der Waals surface area contributed by atoms with Gasteiger partial charge in [-0.25, -0.2) is 4.79 Å². The van der Waals surface area contributed by atoms with Crippen LogP contribution in [-0.4, -0.2) is 27.6 Å². The largest absolute Gasteiger partial charge is 0.497 e. The summed E-state index contributed by atoms with van der Waals surface area (Å²) in [6.45, 7) is 0. The predicted octanol–water partition coefficient (Wildman–Crippen LogP) is 1.69. The van der Waals surface area contributed by atoms with Crippen molar-refractivity contribution in [3.63, 3.8) is 0 Å². The lowest BCUT2D eigenvalue weighted by atomic mass is 10.3. The van der Waals surface area contributed by atoms with E-state index in [0.717, 1.165) is 0 Å². The normalized spacial score (nSPS) is 12.1. The summed E-state index contributed by atoms with van der Waals surface area (Å²) in [5.74, 6) is -0.247. The van der Waals surface area contributed by atoms with Gasteiger partial charge in [0, 0.05) is 11.0 Å². The Bertz CT molecular complexity index is 622. The highest BCUT2D eigenvalue weighted by atomic mass is 32.2. The minimum Gasteiger partial charge on any atom is -0.497 e. The molecule has 1 aromatic carbocycles. The van der Waals surface area contributed by atoms with E-state index in [1.807, 2.05) is 0 Å². The second-order valence-electron chi connectivity index (χ2n) is 3.65. The monoisotopic (exact) mass is 281 g/mol. The van der Waals surface area contributed by atoms with Crippen molar-refractivity contribution < 1.29 is 23.4 Å². The first-order chi connectivity index (χ1) is 9.10. The third kappa shape index (κ3) is 3.19. The smallest absolute Gasteiger partial charge is 0.358 e. The zero-order chi connectivity index (χ0) is 13.8. The maximum Gasteiger partial charge on any atom is 0.358 e. The van der Waals surface area contributed by atoms with Gasteiger partial charge in [0.1, 0.15) is 11.5 Å². The third-order valence-electron chi connectivity index (χ3n) is 2.36. The molecule has 1 unspecified atom stereocenters. The van der Waals surface area contributed by atoms with Gasteiger partial charge in [-0.05, 0) is 18.2 Å². The van der Waals surface area contributed by atoms with Crippen LogP contribution in [0, 0.1) is 0 Å². The van der Waals surface area contributed by atoms with Crippen molar-refractivity contribution in [1.29, 1.82) is 0 Å². The molecule has 19 heavy (non-hydrogen) atoms. The number of carbonyl (C=O) groups is 1. The Balaban J connectivity index is 2.13. The van der Waals surface area contributed by atoms with Gasteiger partial charge in [-0.3, -0.25) is 4.21 Å². The molecule has 0 aliphatic heterocycles. The van der Waals surface area contributed by atoms with E-state index in [1.54, 1.807) is 24.3 Å². The highest BCUT2D eigenvalue weighted by Gasteiger charge is 2.14. The molecule has 0 aliphatic rings. The van der Waals surface area contributed by atoms with Gasteiger partial charge in [0.15, 0.2) is 5.69 Å². The summed E-state index contributed by atoms with van der Waals surface area (Å²) < 4.78 is 21.9. The summed E-state index contributed by atoms with van der Waals surface area (Å²) >= 11 is 0. The summed E-state index contributed by atoms with van der Waals surface area (Å²) in [4.78, 5) is 11.2. The number of hydrogen-bond donors (Lipinski definition) is 1. The van der Waals surface area contributed by atoms with Gasteiger partial charge >= 0.3 is 5.97 Å². The molecule has 0 saturated heterocycles. The number of ether oxygens (including phenoxy) is 1. The molecule has 100 valence electrons. The van der Waals surface area contributed by atoms with Crippen LogP contribution >= 0.6 is 0 Å². The molecule has 6 nitrogen and oxygen atoms in total. The molecule has 0 radical (unpaired) electrons. The van der Waals surface area contributed by atoms with Crippen LogP contribution in [0.1, 0.15) is 16.2 Å². The molecule has 2 rings (SSSR count). The van der Waals surface area contributed by atoms with Gasteiger partial charge < -0.3 is 14.4 Å². The van der Waals surface area contributed by atoms with Crippen LogP contribution in [0.4, 0.5) is 0 Å². The van der Waals surface area contributed by atoms with E-state index in [2.05, 4.69) is 5.16 Å². The number of aromatic carboxylic acids is 1. The number of carboxylic acids is 1. The molecule has 0 saturated carbocycles. The van der Waals surface area contributed by atoms with Crippen molar-refractivity contribution in [3.8, 4) is 5.75 Å². The Hall–Kier alpha value is -2.15. The Labute approximate surface area is 111 Å². The average molecular weight is 281 g/mol. The Kier molecular flexibility index (Phi) is 3.96. The van der Waals surface area contributed by atoms with Crippen molar-refractivity contribution in [2.75, 3.05) is 7.11 Å². The predicted molar refractivity (Wildman–Crippen MR) is 66.6 cm³/mol. The van der Waals surface area contributed by atoms with Crippen LogP contribution in [0.5, 0.6) is 5.75 Å². The summed E-state index contributed by atoms with van der Waals surface area (Å²) in [5.41, 5.74) is -0.197. The van der Waals surface area contributed by atoms with E-state index in [1.165, 1.54) is 13.2 Å². The van der Waals surface area contributed by atoms with E-state index in [9.17, 15) is 9.00 Å². The van der Waals surface area contributed by atoms with Crippen LogP contribution < -0.4 is 4.74 Å². The van der Waals surface area contributed by atoms with E-state index in [4.69, 9.17) is 14.4 Å². The number of rotatable bonds is 5. The number of aromatic nitrogens is 1. The van der Waals surface area contributed by atoms with Gasteiger partial charge in [-0.1, -0.05) is 11.2 Å². The number of hydrogen-bond acceptors (Lipinski definition) is 5. The zero-order valence-corrected chi connectivity index (χ0v) is 10.8. The summed E-state index contributed by atoms with van der Waals surface area (Å²) in [6.07, 6.45) is 0. The molecule has 1 N–H and O–H groups in total. The minimum atomic E-state index is -1.35. The van der Waals surface area contributed by atoms with Crippen molar-refractivity contribution >= 4 is 16.8 Å². The van der Waals surface area contributed by atoms with Crippen LogP contribution in [0.15, 0.2) is 39.8 Å². The minimum absolute atomic E-state index is 0.0629. The maximum absolute atomic E-state index is 12.1. The summed E-state index contributed by atoms with van der Waals surface area (Å²) in [7, 11) is 0.173. The van der Waals surface area contributed by atoms with Gasteiger partial charge in [-0.2, -0.15) is 0 Å². The number of benzene rings is 1. The topological polar surface area (TPSA) is 89.6 Å². The SMILES string of the molecule is COc1cccc(S(=O)Cc2cc(C(=O)O)no2)c1. The molecule has 7 heteroatoms. The average Bonchev–Trinajstić information content (AvgIpc) is 2.87. The van der Waals surface area contributed by atoms with E-state index in [-0.39, 0.29) is 17.2 Å². The summed E-state index contributed by atoms with van der Waals surface area (Å²) in [6, 6.07) is 8.10. The van der Waals surface area contributed by atoms with Gasteiger partial charge in [0.25, 0.3) is 0 Å². The highest BCUT2D eigenvalue weighted by molar-refractivity contribution is 7.84. The Morgan fingerprint density at radius 3 is 2.89 bits per heavy atom. The van der Waals surface area contributed by atoms with E-state index >= 15 is 0 Å². The second kappa shape index (κ2) is 5.66. The fourth-order valence-electron chi connectivity index (χ4n) is 1.44. The van der Waals surface area contributed by atoms with Crippen molar-refractivity contribution in [2.45, 2.75) is 10.6 Å². The number of methoxy groups -OCH3 is 1. The molecule has 0 spiro atoms. The lowest BCUT2D eigenvalue weighted by Gasteiger charge is -2.03. The molecule has 1 atom stereocenters. The fraction of sp³-hybridized carbons (Fsp3) is 0.167. The lowest BCUT2D eigenvalue weighted by Crippen LogP contribution is -1.97. The quantitative estimate of drug-likeness (QED) is 0.897. The van der Waals surface area contributed by atoms with Crippen LogP contribution in [0.2, 0.25) is 0 Å². The van der Waals surface area contributed by atoms with Gasteiger partial charge in [-0.15, -0.1) is 0 Å². The van der Waals surface area contributed by atoms with Gasteiger partial charge in [0.05, 0.1) is 23.7 Å². The Morgan fingerprint density at radius 1 is 1.47 bits per heavy atom. The van der Waals surface area contributed by atoms with Crippen LogP contribution in [0.25, 0.3) is 0 Å². The molecule has 2 aromatic rings. The maximum atomic E-state index is 12.1. The van der Waals surface area contributed by atoms with E-state index in [0.29, 0.717) is 10.6 Å². The van der Waals surface area contributed by atoms with E-state index < -0.39 is 16.8 Å². The van der Waals surface area contributed by atoms with Crippen molar-refractivity contribution in [3.05, 3.63) is 41.8 Å². The standard InChI is InChI=1S/C12H11NO5S/c1-17-8-3-2-4-10(5-8)19(16)7-9-6-11(12(14)15)13-18-9/h2-6H,7H2,1H3,(H,14,15). The highest BCUT2D eigenvalue weighted by Crippen LogP contribution is 2.18. The molecule has 0 amide bonds. The second-order valence-corrected chi connectivity index (χ2v) is 5.10. The zero-order valence-electron chi connectivity index (χ0n) is 10.0. The molecular weight excluding hydrogens is 270 g/mol. The van der Waals surface area contributed by atoms with Gasteiger partial charge in [0.2, 0.25) is 0 Å². The molecule has 0 fully saturated rings. The number of nitrogens with zero attached hydrogens (tertiary/aromatic N) is 1. The van der Waals surface area contributed by atoms with Crippen molar-refractivity contribution in [1.82, 2.24) is 5.16 Å². The molecule has 0 bridgehead atoms. The Morgan fingerprint density at radius 2 is 2.26 bits per heavy atom. The van der Waals surface area contributed by atoms with Crippen LogP contribution in [0.3, 0.4) is 0 Å². The molecule has 1 aromatic heterocycles. The van der Waals surface area contributed by atoms with Crippen molar-refractivity contribution in [2.24, 2.45) is 0 Å². The number of carboxylic acid groups (broad SMARTS) is 1. The molecule has 1 heterocycles. The lowest BCUT2D eigenvalue weighted by molar-refractivity contribution is 0.0685. The third-order valence-corrected chi connectivity index (χ3v) is 3.68. The fourth-order valence-corrected chi connectivity index (χ4v) is 2.48. The summed E-state index contributed by atoms with van der Waals surface area (Å²) in [5, 5.41) is 12.1. The molecule has 0 aliphatic carbocycles. The molecular formula is C12H11NO5S. The first kappa shape index (κ1) is 13.3.